The molecule has 0 bridgehead atoms. The van der Waals surface area contributed by atoms with E-state index in [9.17, 15) is 0 Å². The number of benzene rings is 1. The van der Waals surface area contributed by atoms with E-state index in [1.54, 1.807) is 6.33 Å². The zero-order valence-corrected chi connectivity index (χ0v) is 11.1. The molecule has 1 aliphatic heterocycles. The Morgan fingerprint density at radius 2 is 2.11 bits per heavy atom. The molecule has 3 rings (SSSR count). The van der Waals surface area contributed by atoms with Crippen molar-refractivity contribution in [3.8, 4) is 0 Å². The number of nitrogens with zero attached hydrogens (tertiary/aromatic N) is 3. The minimum atomic E-state index is 0.417. The Hall–Kier alpha value is -1.68. The lowest BCUT2D eigenvalue weighted by Gasteiger charge is -2.34. The molecule has 19 heavy (non-hydrogen) atoms. The summed E-state index contributed by atoms with van der Waals surface area (Å²) in [4.78, 5) is 6.88. The maximum atomic E-state index is 4.34. The topological polar surface area (TPSA) is 44.8 Å². The average Bonchev–Trinajstić information content (AvgIpc) is 3.01. The molecule has 0 amide bonds. The van der Waals surface area contributed by atoms with Gasteiger partial charge in [0.1, 0.15) is 12.2 Å². The Balaban J connectivity index is 1.64. The zero-order valence-electron chi connectivity index (χ0n) is 11.1. The van der Waals surface area contributed by atoms with Crippen LogP contribution >= 0.6 is 0 Å². The van der Waals surface area contributed by atoms with Crippen molar-refractivity contribution >= 4 is 0 Å². The molecule has 0 spiro atoms. The number of nitrogens with one attached hydrogen (secondary N) is 1. The molecule has 1 atom stereocenters. The molecular weight excluding hydrogens is 236 g/mol. The van der Waals surface area contributed by atoms with Gasteiger partial charge in [0.15, 0.2) is 0 Å². The fourth-order valence-electron chi connectivity index (χ4n) is 2.86. The van der Waals surface area contributed by atoms with Crippen molar-refractivity contribution in [2.45, 2.75) is 31.7 Å². The average molecular weight is 256 g/mol. The minimum absolute atomic E-state index is 0.417. The van der Waals surface area contributed by atoms with Gasteiger partial charge in [0.25, 0.3) is 0 Å². The first kappa shape index (κ1) is 12.4. The van der Waals surface area contributed by atoms with E-state index < -0.39 is 0 Å². The predicted octanol–water partition coefficient (Wildman–Crippen LogP) is 2.57. The van der Waals surface area contributed by atoms with Crippen LogP contribution in [0.4, 0.5) is 0 Å². The Morgan fingerprint density at radius 1 is 1.21 bits per heavy atom. The van der Waals surface area contributed by atoms with E-state index >= 15 is 0 Å². The van der Waals surface area contributed by atoms with Crippen molar-refractivity contribution in [1.82, 2.24) is 20.1 Å². The molecule has 1 aliphatic rings. The second-order valence-electron chi connectivity index (χ2n) is 5.15. The normalized spacial score (nSPS) is 20.5. The Kier molecular flexibility index (Phi) is 3.89. The van der Waals surface area contributed by atoms with E-state index in [-0.39, 0.29) is 0 Å². The summed E-state index contributed by atoms with van der Waals surface area (Å²) in [7, 11) is 0. The molecule has 1 aromatic heterocycles. The molecule has 2 aromatic rings. The van der Waals surface area contributed by atoms with Crippen LogP contribution in [-0.2, 0) is 6.42 Å². The zero-order chi connectivity index (χ0) is 12.9. The summed E-state index contributed by atoms with van der Waals surface area (Å²) in [5.41, 5.74) is 1.41. The lowest BCUT2D eigenvalue weighted by Crippen LogP contribution is -2.35. The van der Waals surface area contributed by atoms with Crippen LogP contribution in [-0.4, -0.2) is 33.2 Å². The molecule has 1 fully saturated rings. The fraction of sp³-hybridized carbons (Fsp3) is 0.467. The lowest BCUT2D eigenvalue weighted by atomic mass is 10.0. The molecule has 0 radical (unpaired) electrons. The van der Waals surface area contributed by atoms with Gasteiger partial charge in [-0.15, -0.1) is 0 Å². The summed E-state index contributed by atoms with van der Waals surface area (Å²) in [5, 5.41) is 7.02. The second-order valence-corrected chi connectivity index (χ2v) is 5.15. The van der Waals surface area contributed by atoms with Gasteiger partial charge in [-0.25, -0.2) is 4.98 Å². The van der Waals surface area contributed by atoms with Crippen molar-refractivity contribution in [3.05, 3.63) is 48.0 Å². The summed E-state index contributed by atoms with van der Waals surface area (Å²) in [6, 6.07) is 11.1. The highest BCUT2D eigenvalue weighted by Gasteiger charge is 2.25. The minimum Gasteiger partial charge on any atom is -0.293 e. The van der Waals surface area contributed by atoms with Crippen LogP contribution in [0.2, 0.25) is 0 Å². The Bertz CT molecular complexity index is 480. The summed E-state index contributed by atoms with van der Waals surface area (Å²) in [6.07, 6.45) is 6.47. The molecule has 4 heteroatoms. The SMILES string of the molecule is c1ccc(CCN2CCCC[C@H]2c2ncn[nH]2)cc1. The van der Waals surface area contributed by atoms with Gasteiger partial charge < -0.3 is 0 Å². The molecule has 4 nitrogen and oxygen atoms in total. The van der Waals surface area contributed by atoms with Crippen LogP contribution in [0.25, 0.3) is 0 Å². The van der Waals surface area contributed by atoms with Crippen molar-refractivity contribution in [1.29, 1.82) is 0 Å². The van der Waals surface area contributed by atoms with Crippen LogP contribution in [0.15, 0.2) is 36.7 Å². The standard InChI is InChI=1S/C15H20N4/c1-2-6-13(7-3-1)9-11-19-10-5-4-8-14(19)15-16-12-17-18-15/h1-3,6-7,12,14H,4-5,8-11H2,(H,16,17,18)/t14-/m0/s1. The predicted molar refractivity (Wildman–Crippen MR) is 74.7 cm³/mol. The monoisotopic (exact) mass is 256 g/mol. The molecule has 0 aliphatic carbocycles. The van der Waals surface area contributed by atoms with E-state index in [0.29, 0.717) is 6.04 Å². The Morgan fingerprint density at radius 3 is 2.89 bits per heavy atom. The fourth-order valence-corrected chi connectivity index (χ4v) is 2.86. The van der Waals surface area contributed by atoms with Gasteiger partial charge in [-0.3, -0.25) is 10.00 Å². The summed E-state index contributed by atoms with van der Waals surface area (Å²) in [6.45, 7) is 2.26. The highest BCUT2D eigenvalue weighted by Crippen LogP contribution is 2.28. The number of aromatic amines is 1. The highest BCUT2D eigenvalue weighted by molar-refractivity contribution is 5.15. The van der Waals surface area contributed by atoms with Gasteiger partial charge >= 0.3 is 0 Å². The van der Waals surface area contributed by atoms with Gasteiger partial charge in [-0.05, 0) is 31.4 Å². The van der Waals surface area contributed by atoms with Gasteiger partial charge in [0.2, 0.25) is 0 Å². The van der Waals surface area contributed by atoms with Crippen LogP contribution in [0.1, 0.15) is 36.7 Å². The third-order valence-corrected chi connectivity index (χ3v) is 3.89. The van der Waals surface area contributed by atoms with Gasteiger partial charge in [0.05, 0.1) is 6.04 Å². The van der Waals surface area contributed by atoms with E-state index in [0.717, 1.165) is 25.3 Å². The Labute approximate surface area is 113 Å². The largest absolute Gasteiger partial charge is 0.293 e. The quantitative estimate of drug-likeness (QED) is 0.914. The molecule has 1 N–H and O–H groups in total. The lowest BCUT2D eigenvalue weighted by molar-refractivity contribution is 0.144. The first-order valence-corrected chi connectivity index (χ1v) is 7.07. The third-order valence-electron chi connectivity index (χ3n) is 3.89. The van der Waals surface area contributed by atoms with Crippen molar-refractivity contribution in [3.63, 3.8) is 0 Å². The second kappa shape index (κ2) is 5.97. The van der Waals surface area contributed by atoms with E-state index in [4.69, 9.17) is 0 Å². The van der Waals surface area contributed by atoms with Crippen molar-refractivity contribution in [2.75, 3.05) is 13.1 Å². The summed E-state index contributed by atoms with van der Waals surface area (Å²) >= 11 is 0. The van der Waals surface area contributed by atoms with Gasteiger partial charge in [-0.2, -0.15) is 5.10 Å². The maximum Gasteiger partial charge on any atom is 0.141 e. The van der Waals surface area contributed by atoms with Gasteiger partial charge in [-0.1, -0.05) is 36.8 Å². The number of H-pyrrole nitrogens is 1. The van der Waals surface area contributed by atoms with Crippen LogP contribution in [0, 0.1) is 0 Å². The van der Waals surface area contributed by atoms with E-state index in [1.165, 1.54) is 24.8 Å². The molecule has 0 unspecified atom stereocenters. The van der Waals surface area contributed by atoms with Crippen LogP contribution in [0.5, 0.6) is 0 Å². The number of rotatable bonds is 4. The highest BCUT2D eigenvalue weighted by atomic mass is 15.3. The van der Waals surface area contributed by atoms with Gasteiger partial charge in [0, 0.05) is 6.54 Å². The van der Waals surface area contributed by atoms with Crippen LogP contribution in [0.3, 0.4) is 0 Å². The first-order chi connectivity index (χ1) is 9.43. The number of piperidine rings is 1. The van der Waals surface area contributed by atoms with Crippen LogP contribution < -0.4 is 0 Å². The molecule has 0 saturated carbocycles. The summed E-state index contributed by atoms with van der Waals surface area (Å²) < 4.78 is 0. The number of likely N-dealkylation sites (tertiary alicyclic amines) is 1. The molecule has 1 aromatic carbocycles. The van der Waals surface area contributed by atoms with E-state index in [1.807, 2.05) is 0 Å². The molecule has 1 saturated heterocycles. The first-order valence-electron chi connectivity index (χ1n) is 7.07. The maximum absolute atomic E-state index is 4.34. The van der Waals surface area contributed by atoms with Crippen molar-refractivity contribution in [2.24, 2.45) is 0 Å². The smallest absolute Gasteiger partial charge is 0.141 e. The summed E-state index contributed by atoms with van der Waals surface area (Å²) in [5.74, 6) is 1.02. The molecular formula is C15H20N4. The molecule has 100 valence electrons. The number of aromatic nitrogens is 3. The number of hydrogen-bond acceptors (Lipinski definition) is 3. The van der Waals surface area contributed by atoms with Crippen molar-refractivity contribution < 1.29 is 0 Å². The van der Waals surface area contributed by atoms with E-state index in [2.05, 4.69) is 50.4 Å². The third kappa shape index (κ3) is 3.01. The number of hydrogen-bond donors (Lipinski definition) is 1. The molecule has 2 heterocycles.